The third kappa shape index (κ3) is 3.40. The second-order valence-electron chi connectivity index (χ2n) is 5.54. The van der Waals surface area contributed by atoms with Crippen molar-refractivity contribution in [1.82, 2.24) is 9.03 Å². The molecule has 0 amide bonds. The average molecular weight is 296 g/mol. The van der Waals surface area contributed by atoms with E-state index in [2.05, 4.69) is 36.8 Å². The van der Waals surface area contributed by atoms with Gasteiger partial charge in [0.15, 0.2) is 0 Å². The van der Waals surface area contributed by atoms with E-state index in [1.165, 1.54) is 16.7 Å². The molecule has 1 aromatic carbocycles. The van der Waals surface area contributed by atoms with E-state index in [9.17, 15) is 8.42 Å². The van der Waals surface area contributed by atoms with Gasteiger partial charge in [0.25, 0.3) is 10.2 Å². The van der Waals surface area contributed by atoms with Gasteiger partial charge in [0.2, 0.25) is 0 Å². The summed E-state index contributed by atoms with van der Waals surface area (Å²) in [5, 5.41) is 0. The Morgan fingerprint density at radius 1 is 1.35 bits per heavy atom. The zero-order valence-electron chi connectivity index (χ0n) is 12.5. The maximum absolute atomic E-state index is 12.2. The molecule has 1 aromatic rings. The predicted molar refractivity (Wildman–Crippen MR) is 81.9 cm³/mol. The van der Waals surface area contributed by atoms with Crippen molar-refractivity contribution in [3.8, 4) is 0 Å². The Morgan fingerprint density at radius 3 is 2.80 bits per heavy atom. The topological polar surface area (TPSA) is 49.4 Å². The summed E-state index contributed by atoms with van der Waals surface area (Å²) in [4.78, 5) is 0. The minimum Gasteiger partial charge on any atom is -0.202 e. The number of aryl methyl sites for hydroxylation is 2. The molecule has 1 saturated heterocycles. The molecule has 5 heteroatoms. The molecule has 1 unspecified atom stereocenters. The Morgan fingerprint density at radius 2 is 2.10 bits per heavy atom. The average Bonchev–Trinajstić information content (AvgIpc) is 2.83. The van der Waals surface area contributed by atoms with Crippen molar-refractivity contribution in [2.75, 3.05) is 13.1 Å². The van der Waals surface area contributed by atoms with E-state index in [1.807, 2.05) is 6.92 Å². The lowest BCUT2D eigenvalue weighted by atomic mass is 9.98. The highest BCUT2D eigenvalue weighted by atomic mass is 32.2. The molecule has 1 atom stereocenters. The lowest BCUT2D eigenvalue weighted by Gasteiger charge is -2.24. The Balaban J connectivity index is 2.18. The van der Waals surface area contributed by atoms with Gasteiger partial charge >= 0.3 is 0 Å². The summed E-state index contributed by atoms with van der Waals surface area (Å²) in [6.45, 7) is 7.05. The van der Waals surface area contributed by atoms with E-state index in [0.717, 1.165) is 19.3 Å². The number of benzene rings is 1. The number of rotatable bonds is 5. The van der Waals surface area contributed by atoms with Crippen molar-refractivity contribution in [2.24, 2.45) is 0 Å². The summed E-state index contributed by atoms with van der Waals surface area (Å²) in [5.74, 6) is 0. The Bertz CT molecular complexity index is 569. The summed E-state index contributed by atoms with van der Waals surface area (Å²) in [6.07, 6.45) is 2.69. The molecule has 1 aliphatic rings. The maximum Gasteiger partial charge on any atom is 0.279 e. The molecule has 0 aromatic heterocycles. The van der Waals surface area contributed by atoms with E-state index >= 15 is 0 Å². The van der Waals surface area contributed by atoms with Gasteiger partial charge in [0.05, 0.1) is 0 Å². The van der Waals surface area contributed by atoms with Crippen molar-refractivity contribution in [3.63, 3.8) is 0 Å². The van der Waals surface area contributed by atoms with Crippen LogP contribution in [0.1, 0.15) is 36.5 Å². The van der Waals surface area contributed by atoms with Gasteiger partial charge < -0.3 is 0 Å². The van der Waals surface area contributed by atoms with E-state index in [1.54, 1.807) is 4.31 Å². The van der Waals surface area contributed by atoms with Gasteiger partial charge in [-0.1, -0.05) is 30.7 Å². The first kappa shape index (κ1) is 15.5. The fourth-order valence-electron chi connectivity index (χ4n) is 2.87. The summed E-state index contributed by atoms with van der Waals surface area (Å²) >= 11 is 0. The van der Waals surface area contributed by atoms with Gasteiger partial charge in [-0.3, -0.25) is 0 Å². The minimum atomic E-state index is -3.32. The van der Waals surface area contributed by atoms with Crippen LogP contribution in [0.4, 0.5) is 0 Å². The van der Waals surface area contributed by atoms with Crippen LogP contribution in [0.15, 0.2) is 18.2 Å². The Hall–Kier alpha value is -0.910. The third-order valence-corrected chi connectivity index (χ3v) is 5.67. The van der Waals surface area contributed by atoms with Crippen LogP contribution in [0, 0.1) is 13.8 Å². The fraction of sp³-hybridized carbons (Fsp3) is 0.600. The molecule has 0 spiro atoms. The standard InChI is InChI=1S/C15H24N2O2S/c1-4-16-20(18,19)17-9-5-6-15(17)11-14-10-12(2)7-8-13(14)3/h7-8,10,15-16H,4-6,9,11H2,1-3H3. The molecule has 4 nitrogen and oxygen atoms in total. The number of hydrogen-bond donors (Lipinski definition) is 1. The fourth-order valence-corrected chi connectivity index (χ4v) is 4.34. The van der Waals surface area contributed by atoms with Gasteiger partial charge in [-0.2, -0.15) is 12.7 Å². The monoisotopic (exact) mass is 296 g/mol. The molecule has 1 aliphatic heterocycles. The first-order valence-corrected chi connectivity index (χ1v) is 8.70. The van der Waals surface area contributed by atoms with Crippen molar-refractivity contribution in [3.05, 3.63) is 34.9 Å². The van der Waals surface area contributed by atoms with Crippen molar-refractivity contribution >= 4 is 10.2 Å². The maximum atomic E-state index is 12.2. The van der Waals surface area contributed by atoms with Crippen LogP contribution in [0.25, 0.3) is 0 Å². The minimum absolute atomic E-state index is 0.0829. The summed E-state index contributed by atoms with van der Waals surface area (Å²) in [6, 6.07) is 6.47. The Kier molecular flexibility index (Phi) is 4.83. The smallest absolute Gasteiger partial charge is 0.202 e. The second-order valence-corrected chi connectivity index (χ2v) is 7.25. The van der Waals surface area contributed by atoms with E-state index in [4.69, 9.17) is 0 Å². The van der Waals surface area contributed by atoms with Gasteiger partial charge in [-0.05, 0) is 44.2 Å². The van der Waals surface area contributed by atoms with Crippen LogP contribution in [0.5, 0.6) is 0 Å². The Labute approximate surface area is 122 Å². The van der Waals surface area contributed by atoms with E-state index in [0.29, 0.717) is 13.1 Å². The molecular formula is C15H24N2O2S. The summed E-state index contributed by atoms with van der Waals surface area (Å²) < 4.78 is 28.6. The second kappa shape index (κ2) is 6.24. The van der Waals surface area contributed by atoms with Crippen molar-refractivity contribution < 1.29 is 8.42 Å². The molecule has 1 heterocycles. The number of hydrogen-bond acceptors (Lipinski definition) is 2. The zero-order chi connectivity index (χ0) is 14.8. The SMILES string of the molecule is CCNS(=O)(=O)N1CCCC1Cc1cc(C)ccc1C. The largest absolute Gasteiger partial charge is 0.279 e. The molecule has 112 valence electrons. The van der Waals surface area contributed by atoms with Crippen LogP contribution < -0.4 is 4.72 Å². The van der Waals surface area contributed by atoms with Gasteiger partial charge in [-0.15, -0.1) is 0 Å². The highest BCUT2D eigenvalue weighted by Crippen LogP contribution is 2.25. The van der Waals surface area contributed by atoms with Gasteiger partial charge in [-0.25, -0.2) is 4.72 Å². The summed E-state index contributed by atoms with van der Waals surface area (Å²) in [7, 11) is -3.32. The van der Waals surface area contributed by atoms with Crippen LogP contribution >= 0.6 is 0 Å². The van der Waals surface area contributed by atoms with Crippen molar-refractivity contribution in [1.29, 1.82) is 0 Å². The zero-order valence-corrected chi connectivity index (χ0v) is 13.3. The normalized spacial score (nSPS) is 20.4. The van der Waals surface area contributed by atoms with Crippen LogP contribution in [0.2, 0.25) is 0 Å². The molecule has 1 fully saturated rings. The quantitative estimate of drug-likeness (QED) is 0.905. The summed E-state index contributed by atoms with van der Waals surface area (Å²) in [5.41, 5.74) is 3.72. The molecule has 0 aliphatic carbocycles. The van der Waals surface area contributed by atoms with Gasteiger partial charge in [0.1, 0.15) is 0 Å². The first-order valence-electron chi connectivity index (χ1n) is 7.26. The van der Waals surface area contributed by atoms with Crippen LogP contribution in [-0.4, -0.2) is 31.9 Å². The molecule has 1 N–H and O–H groups in total. The first-order chi connectivity index (χ1) is 9.44. The molecule has 0 bridgehead atoms. The lowest BCUT2D eigenvalue weighted by molar-refractivity contribution is 0.379. The highest BCUT2D eigenvalue weighted by molar-refractivity contribution is 7.87. The third-order valence-electron chi connectivity index (χ3n) is 3.92. The van der Waals surface area contributed by atoms with Gasteiger partial charge in [0, 0.05) is 19.1 Å². The van der Waals surface area contributed by atoms with E-state index < -0.39 is 10.2 Å². The van der Waals surface area contributed by atoms with Crippen LogP contribution in [-0.2, 0) is 16.6 Å². The predicted octanol–water partition coefficient (Wildman–Crippen LogP) is 2.16. The molecule has 0 saturated carbocycles. The van der Waals surface area contributed by atoms with Crippen molar-refractivity contribution in [2.45, 2.75) is 46.1 Å². The highest BCUT2D eigenvalue weighted by Gasteiger charge is 2.33. The number of nitrogens with zero attached hydrogens (tertiary/aromatic N) is 1. The molecular weight excluding hydrogens is 272 g/mol. The van der Waals surface area contributed by atoms with E-state index in [-0.39, 0.29) is 6.04 Å². The molecule has 2 rings (SSSR count). The number of nitrogens with one attached hydrogen (secondary N) is 1. The lowest BCUT2D eigenvalue weighted by Crippen LogP contribution is -2.44. The molecule has 20 heavy (non-hydrogen) atoms. The van der Waals surface area contributed by atoms with Crippen LogP contribution in [0.3, 0.4) is 0 Å². The molecule has 0 radical (unpaired) electrons.